The molecule has 1 saturated heterocycles. The number of carbonyl (C=O) groups excluding carboxylic acids is 2. The molecule has 2 aromatic carbocycles. The first-order chi connectivity index (χ1) is 14.2. The lowest BCUT2D eigenvalue weighted by molar-refractivity contribution is -0.133. The molecule has 0 unspecified atom stereocenters. The molecule has 1 aromatic heterocycles. The molecule has 29 heavy (non-hydrogen) atoms. The van der Waals surface area contributed by atoms with E-state index in [1.54, 1.807) is 17.0 Å². The Kier molecular flexibility index (Phi) is 5.60. The van der Waals surface area contributed by atoms with Crippen LogP contribution in [0.1, 0.15) is 23.2 Å². The zero-order valence-electron chi connectivity index (χ0n) is 15.9. The molecular weight excluding hydrogens is 368 g/mol. The Morgan fingerprint density at radius 1 is 0.966 bits per heavy atom. The maximum absolute atomic E-state index is 12.6. The fourth-order valence-corrected chi connectivity index (χ4v) is 3.37. The summed E-state index contributed by atoms with van der Waals surface area (Å²) in [6.07, 6.45) is 1.45. The monoisotopic (exact) mass is 390 g/mol. The minimum Gasteiger partial charge on any atom is -0.349 e. The summed E-state index contributed by atoms with van der Waals surface area (Å²) in [4.78, 5) is 28.0. The van der Waals surface area contributed by atoms with Crippen molar-refractivity contribution in [2.24, 2.45) is 0 Å². The molecule has 1 aliphatic rings. The smallest absolute Gasteiger partial charge is 0.251 e. The van der Waals surface area contributed by atoms with Crippen molar-refractivity contribution in [2.45, 2.75) is 25.4 Å². The van der Waals surface area contributed by atoms with Crippen LogP contribution in [0.15, 0.2) is 60.7 Å². The summed E-state index contributed by atoms with van der Waals surface area (Å²) in [5.41, 5.74) is 1.51. The molecule has 1 N–H and O–H groups in total. The van der Waals surface area contributed by atoms with E-state index in [-0.39, 0.29) is 24.4 Å². The highest BCUT2D eigenvalue weighted by Crippen LogP contribution is 2.14. The van der Waals surface area contributed by atoms with E-state index in [9.17, 15) is 9.59 Å². The first-order valence-electron chi connectivity index (χ1n) is 9.66. The SMILES string of the molecule is O=C(NC1CCN(C(=O)Cn2nnc(-c3ccccc3)n2)CC1)c1ccccc1. The summed E-state index contributed by atoms with van der Waals surface area (Å²) in [5, 5.41) is 15.4. The van der Waals surface area contributed by atoms with Crippen molar-refractivity contribution in [3.05, 3.63) is 66.2 Å². The van der Waals surface area contributed by atoms with Crippen LogP contribution < -0.4 is 5.32 Å². The molecule has 2 heterocycles. The van der Waals surface area contributed by atoms with Gasteiger partial charge in [-0.2, -0.15) is 4.80 Å². The van der Waals surface area contributed by atoms with Gasteiger partial charge in [-0.25, -0.2) is 0 Å². The third kappa shape index (κ3) is 4.66. The van der Waals surface area contributed by atoms with E-state index >= 15 is 0 Å². The predicted molar refractivity (Wildman–Crippen MR) is 107 cm³/mol. The lowest BCUT2D eigenvalue weighted by Gasteiger charge is -2.32. The molecule has 1 fully saturated rings. The summed E-state index contributed by atoms with van der Waals surface area (Å²) in [6, 6.07) is 18.8. The number of nitrogens with one attached hydrogen (secondary N) is 1. The number of hydrogen-bond donors (Lipinski definition) is 1. The number of hydrogen-bond acceptors (Lipinski definition) is 5. The van der Waals surface area contributed by atoms with Crippen molar-refractivity contribution in [1.82, 2.24) is 30.4 Å². The van der Waals surface area contributed by atoms with Crippen molar-refractivity contribution in [2.75, 3.05) is 13.1 Å². The number of amides is 2. The molecule has 1 aliphatic heterocycles. The number of likely N-dealkylation sites (tertiary alicyclic amines) is 1. The topological polar surface area (TPSA) is 93.0 Å². The molecule has 2 amide bonds. The molecule has 148 valence electrons. The van der Waals surface area contributed by atoms with Crippen molar-refractivity contribution in [3.63, 3.8) is 0 Å². The largest absolute Gasteiger partial charge is 0.349 e. The molecule has 0 bridgehead atoms. The van der Waals surface area contributed by atoms with Crippen molar-refractivity contribution < 1.29 is 9.59 Å². The van der Waals surface area contributed by atoms with Gasteiger partial charge in [0.25, 0.3) is 5.91 Å². The van der Waals surface area contributed by atoms with Gasteiger partial charge in [0.15, 0.2) is 0 Å². The van der Waals surface area contributed by atoms with Crippen molar-refractivity contribution in [1.29, 1.82) is 0 Å². The zero-order chi connectivity index (χ0) is 20.1. The van der Waals surface area contributed by atoms with Gasteiger partial charge < -0.3 is 10.2 Å². The van der Waals surface area contributed by atoms with Gasteiger partial charge in [-0.1, -0.05) is 48.5 Å². The van der Waals surface area contributed by atoms with Crippen LogP contribution in [-0.2, 0) is 11.3 Å². The molecule has 0 spiro atoms. The summed E-state index contributed by atoms with van der Waals surface area (Å²) < 4.78 is 0. The van der Waals surface area contributed by atoms with Crippen LogP contribution in [0.5, 0.6) is 0 Å². The van der Waals surface area contributed by atoms with E-state index in [4.69, 9.17) is 0 Å². The Hall–Kier alpha value is -3.55. The second-order valence-electron chi connectivity index (χ2n) is 7.00. The van der Waals surface area contributed by atoms with Crippen LogP contribution in [0.25, 0.3) is 11.4 Å². The number of rotatable bonds is 5. The number of piperidine rings is 1. The normalized spacial score (nSPS) is 14.6. The van der Waals surface area contributed by atoms with Gasteiger partial charge in [0.1, 0.15) is 6.54 Å². The Balaban J connectivity index is 1.27. The van der Waals surface area contributed by atoms with Crippen LogP contribution >= 0.6 is 0 Å². The molecule has 8 nitrogen and oxygen atoms in total. The van der Waals surface area contributed by atoms with Gasteiger partial charge in [-0.15, -0.1) is 10.2 Å². The Bertz CT molecular complexity index is 965. The fourth-order valence-electron chi connectivity index (χ4n) is 3.37. The average Bonchev–Trinajstić information content (AvgIpc) is 3.24. The fraction of sp³-hybridized carbons (Fsp3) is 0.286. The average molecular weight is 390 g/mol. The standard InChI is InChI=1S/C21H22N6O2/c28-19(15-27-24-20(23-25-27)16-7-3-1-4-8-16)26-13-11-18(12-14-26)22-21(29)17-9-5-2-6-10-17/h1-10,18H,11-15H2,(H,22,29). The van der Waals surface area contributed by atoms with E-state index in [1.807, 2.05) is 48.5 Å². The lowest BCUT2D eigenvalue weighted by atomic mass is 10.0. The first-order valence-corrected chi connectivity index (χ1v) is 9.66. The molecule has 4 rings (SSSR count). The molecule has 3 aromatic rings. The zero-order valence-corrected chi connectivity index (χ0v) is 15.9. The second kappa shape index (κ2) is 8.64. The first kappa shape index (κ1) is 18.8. The number of carbonyl (C=O) groups is 2. The van der Waals surface area contributed by atoms with Crippen molar-refractivity contribution in [3.8, 4) is 11.4 Å². The van der Waals surface area contributed by atoms with E-state index < -0.39 is 0 Å². The lowest BCUT2D eigenvalue weighted by Crippen LogP contribution is -2.47. The van der Waals surface area contributed by atoms with E-state index in [0.717, 1.165) is 18.4 Å². The minimum atomic E-state index is -0.0735. The highest BCUT2D eigenvalue weighted by atomic mass is 16.2. The molecular formula is C21H22N6O2. The maximum Gasteiger partial charge on any atom is 0.251 e. The van der Waals surface area contributed by atoms with Crippen LogP contribution in [0.4, 0.5) is 0 Å². The third-order valence-electron chi connectivity index (χ3n) is 4.98. The highest BCUT2D eigenvalue weighted by molar-refractivity contribution is 5.94. The Labute approximate surface area is 168 Å². The van der Waals surface area contributed by atoms with E-state index in [1.165, 1.54) is 4.80 Å². The maximum atomic E-state index is 12.6. The van der Waals surface area contributed by atoms with Gasteiger partial charge >= 0.3 is 0 Å². The van der Waals surface area contributed by atoms with Gasteiger partial charge in [-0.05, 0) is 30.2 Å². The van der Waals surface area contributed by atoms with Crippen LogP contribution in [0.2, 0.25) is 0 Å². The molecule has 0 radical (unpaired) electrons. The van der Waals surface area contributed by atoms with Gasteiger partial charge in [0.05, 0.1) is 0 Å². The summed E-state index contributed by atoms with van der Waals surface area (Å²) >= 11 is 0. The van der Waals surface area contributed by atoms with E-state index in [0.29, 0.717) is 24.5 Å². The molecule has 0 aliphatic carbocycles. The number of benzene rings is 2. The molecule has 0 atom stereocenters. The van der Waals surface area contributed by atoms with Gasteiger partial charge in [-0.3, -0.25) is 9.59 Å². The summed E-state index contributed by atoms with van der Waals surface area (Å²) in [5.74, 6) is 0.381. The van der Waals surface area contributed by atoms with Crippen LogP contribution in [0.3, 0.4) is 0 Å². The molecule has 8 heteroatoms. The number of nitrogens with zero attached hydrogens (tertiary/aromatic N) is 5. The van der Waals surface area contributed by atoms with Crippen LogP contribution in [0, 0.1) is 0 Å². The van der Waals surface area contributed by atoms with Gasteiger partial charge in [0.2, 0.25) is 11.7 Å². The summed E-state index contributed by atoms with van der Waals surface area (Å²) in [6.45, 7) is 1.25. The van der Waals surface area contributed by atoms with E-state index in [2.05, 4.69) is 20.7 Å². The highest BCUT2D eigenvalue weighted by Gasteiger charge is 2.24. The number of aromatic nitrogens is 4. The molecule has 0 saturated carbocycles. The number of tetrazole rings is 1. The second-order valence-corrected chi connectivity index (χ2v) is 7.00. The Morgan fingerprint density at radius 2 is 1.62 bits per heavy atom. The van der Waals surface area contributed by atoms with Gasteiger partial charge in [0, 0.05) is 30.3 Å². The minimum absolute atomic E-state index is 0.0464. The Morgan fingerprint density at radius 3 is 2.31 bits per heavy atom. The summed E-state index contributed by atoms with van der Waals surface area (Å²) in [7, 11) is 0. The predicted octanol–water partition coefficient (Wildman–Crippen LogP) is 1.76. The van der Waals surface area contributed by atoms with Crippen LogP contribution in [-0.4, -0.2) is 56.1 Å². The third-order valence-corrected chi connectivity index (χ3v) is 4.98. The quantitative estimate of drug-likeness (QED) is 0.717. The van der Waals surface area contributed by atoms with Crippen molar-refractivity contribution >= 4 is 11.8 Å².